The smallest absolute Gasteiger partial charge is 0.223 e. The molecule has 0 N–H and O–H groups in total. The number of halogens is 3. The zero-order valence-electron chi connectivity index (χ0n) is 5.03. The third kappa shape index (κ3) is 1.54. The average molecular weight is 195 g/mol. The molecule has 0 fully saturated rings. The van der Waals surface area contributed by atoms with Gasteiger partial charge in [-0.2, -0.15) is 0 Å². The average Bonchev–Trinajstić information content (AvgIpc) is 1.82. The van der Waals surface area contributed by atoms with Crippen LogP contribution in [0.4, 0.5) is 0 Å². The van der Waals surface area contributed by atoms with E-state index in [2.05, 4.69) is 9.97 Å². The third-order valence-corrected chi connectivity index (χ3v) is 1.94. The standard InChI is InChI=1S/C4H2BCl3N2/c5-2-1(6)3(7)10-4(8)9-2/h5H2. The van der Waals surface area contributed by atoms with Crippen LogP contribution in [-0.4, -0.2) is 17.8 Å². The molecule has 0 radical (unpaired) electrons. The van der Waals surface area contributed by atoms with Gasteiger partial charge in [0, 0.05) is 5.59 Å². The maximum atomic E-state index is 5.63. The van der Waals surface area contributed by atoms with Gasteiger partial charge in [-0.05, 0) is 11.6 Å². The fraction of sp³-hybridized carbons (Fsp3) is 0. The molecule has 0 saturated heterocycles. The van der Waals surface area contributed by atoms with E-state index in [-0.39, 0.29) is 10.4 Å². The number of nitrogens with zero attached hydrogens (tertiary/aromatic N) is 2. The second-order valence-corrected chi connectivity index (χ2v) is 2.76. The molecule has 1 aromatic rings. The molecule has 6 heteroatoms. The zero-order chi connectivity index (χ0) is 7.72. The van der Waals surface area contributed by atoms with Crippen LogP contribution in [0.25, 0.3) is 0 Å². The summed E-state index contributed by atoms with van der Waals surface area (Å²) < 4.78 is 0. The molecule has 0 atom stereocenters. The van der Waals surface area contributed by atoms with E-state index in [0.717, 1.165) is 0 Å². The quantitative estimate of drug-likeness (QED) is 0.346. The van der Waals surface area contributed by atoms with Crippen molar-refractivity contribution in [2.45, 2.75) is 0 Å². The van der Waals surface area contributed by atoms with Gasteiger partial charge in [-0.15, -0.1) is 0 Å². The summed E-state index contributed by atoms with van der Waals surface area (Å²) in [5.74, 6) is 0. The van der Waals surface area contributed by atoms with Crippen LogP contribution in [0.2, 0.25) is 15.5 Å². The van der Waals surface area contributed by atoms with Gasteiger partial charge in [0.15, 0.2) is 13.0 Å². The molecule has 0 aliphatic carbocycles. The summed E-state index contributed by atoms with van der Waals surface area (Å²) in [5, 5.41) is 0.664. The van der Waals surface area contributed by atoms with E-state index in [1.807, 2.05) is 0 Å². The number of hydrogen-bond donors (Lipinski definition) is 0. The molecule has 52 valence electrons. The van der Waals surface area contributed by atoms with Gasteiger partial charge in [-0.1, -0.05) is 23.2 Å². The van der Waals surface area contributed by atoms with Crippen molar-refractivity contribution in [3.63, 3.8) is 0 Å². The molecular weight excluding hydrogens is 193 g/mol. The first kappa shape index (κ1) is 8.11. The van der Waals surface area contributed by atoms with Crippen molar-refractivity contribution in [3.05, 3.63) is 15.5 Å². The van der Waals surface area contributed by atoms with Crippen molar-refractivity contribution >= 4 is 48.2 Å². The summed E-state index contributed by atoms with van der Waals surface area (Å²) in [6.45, 7) is 0. The van der Waals surface area contributed by atoms with Gasteiger partial charge in [0.05, 0.1) is 5.02 Å². The Morgan fingerprint density at radius 3 is 2.20 bits per heavy atom. The topological polar surface area (TPSA) is 25.8 Å². The van der Waals surface area contributed by atoms with Gasteiger partial charge in [0.25, 0.3) is 0 Å². The summed E-state index contributed by atoms with van der Waals surface area (Å²) in [6.07, 6.45) is 0. The first-order chi connectivity index (χ1) is 4.61. The molecule has 0 saturated carbocycles. The van der Waals surface area contributed by atoms with Crippen LogP contribution in [0.15, 0.2) is 0 Å². The lowest BCUT2D eigenvalue weighted by Crippen LogP contribution is -2.11. The van der Waals surface area contributed by atoms with Crippen LogP contribution in [0.3, 0.4) is 0 Å². The van der Waals surface area contributed by atoms with Gasteiger partial charge in [-0.25, -0.2) is 9.97 Å². The van der Waals surface area contributed by atoms with Crippen molar-refractivity contribution in [1.29, 1.82) is 0 Å². The molecule has 1 aromatic heterocycles. The summed E-state index contributed by atoms with van der Waals surface area (Å²) in [7, 11) is 1.71. The lowest BCUT2D eigenvalue weighted by Gasteiger charge is -1.97. The van der Waals surface area contributed by atoms with Gasteiger partial charge in [0.1, 0.15) is 0 Å². The minimum atomic E-state index is 0.118. The maximum Gasteiger partial charge on any atom is 0.223 e. The molecular formula is C4H2BCl3N2. The van der Waals surface area contributed by atoms with E-state index >= 15 is 0 Å². The van der Waals surface area contributed by atoms with E-state index in [9.17, 15) is 0 Å². The molecule has 0 aromatic carbocycles. The summed E-state index contributed by atoms with van der Waals surface area (Å²) >= 11 is 16.6. The molecule has 0 bridgehead atoms. The zero-order valence-corrected chi connectivity index (χ0v) is 7.30. The van der Waals surface area contributed by atoms with E-state index in [1.165, 1.54) is 0 Å². The second-order valence-electron chi connectivity index (χ2n) is 1.68. The largest absolute Gasteiger partial charge is 0.232 e. The highest BCUT2D eigenvalue weighted by atomic mass is 35.5. The van der Waals surface area contributed by atoms with E-state index in [4.69, 9.17) is 34.8 Å². The lowest BCUT2D eigenvalue weighted by atomic mass is 10.1. The Balaban J connectivity index is 3.31. The normalized spacial score (nSPS) is 9.90. The Morgan fingerprint density at radius 2 is 1.70 bits per heavy atom. The van der Waals surface area contributed by atoms with Gasteiger partial charge in [-0.3, -0.25) is 0 Å². The number of rotatable bonds is 0. The van der Waals surface area contributed by atoms with Crippen molar-refractivity contribution < 1.29 is 0 Å². The minimum absolute atomic E-state index is 0.118. The molecule has 2 nitrogen and oxygen atoms in total. The number of aromatic nitrogens is 2. The van der Waals surface area contributed by atoms with Crippen LogP contribution in [0, 0.1) is 0 Å². The van der Waals surface area contributed by atoms with Crippen molar-refractivity contribution in [3.8, 4) is 0 Å². The van der Waals surface area contributed by atoms with Crippen molar-refractivity contribution in [2.75, 3.05) is 0 Å². The fourth-order valence-electron chi connectivity index (χ4n) is 0.492. The van der Waals surface area contributed by atoms with Crippen molar-refractivity contribution in [2.24, 2.45) is 0 Å². The highest BCUT2D eigenvalue weighted by Crippen LogP contribution is 2.16. The maximum absolute atomic E-state index is 5.63. The van der Waals surface area contributed by atoms with Crippen molar-refractivity contribution in [1.82, 2.24) is 9.97 Å². The predicted molar refractivity (Wildman–Crippen MR) is 45.2 cm³/mol. The molecule has 1 heterocycles. The Bertz CT molecular complexity index is 242. The minimum Gasteiger partial charge on any atom is -0.232 e. The monoisotopic (exact) mass is 194 g/mol. The van der Waals surface area contributed by atoms with Gasteiger partial charge < -0.3 is 0 Å². The van der Waals surface area contributed by atoms with Crippen LogP contribution in [-0.2, 0) is 0 Å². The summed E-state index contributed by atoms with van der Waals surface area (Å²) in [6, 6.07) is 0. The first-order valence-corrected chi connectivity index (χ1v) is 3.60. The van der Waals surface area contributed by atoms with E-state index in [0.29, 0.717) is 10.6 Å². The van der Waals surface area contributed by atoms with Crippen LogP contribution in [0.5, 0.6) is 0 Å². The van der Waals surface area contributed by atoms with Crippen LogP contribution in [0.1, 0.15) is 0 Å². The van der Waals surface area contributed by atoms with E-state index < -0.39 is 0 Å². The summed E-state index contributed by atoms with van der Waals surface area (Å²) in [4.78, 5) is 7.39. The number of hydrogen-bond acceptors (Lipinski definition) is 2. The summed E-state index contributed by atoms with van der Waals surface area (Å²) in [5.41, 5.74) is 0.590. The highest BCUT2D eigenvalue weighted by Gasteiger charge is 2.04. The predicted octanol–water partition coefficient (Wildman–Crippen LogP) is 0.695. The lowest BCUT2D eigenvalue weighted by molar-refractivity contribution is 1.20. The van der Waals surface area contributed by atoms with Gasteiger partial charge in [0.2, 0.25) is 5.28 Å². The molecule has 0 aliphatic heterocycles. The van der Waals surface area contributed by atoms with E-state index in [1.54, 1.807) is 7.85 Å². The Kier molecular flexibility index (Phi) is 2.39. The fourth-order valence-corrected chi connectivity index (χ4v) is 1.05. The van der Waals surface area contributed by atoms with Crippen LogP contribution < -0.4 is 5.59 Å². The Morgan fingerprint density at radius 1 is 1.10 bits per heavy atom. The highest BCUT2D eigenvalue weighted by molar-refractivity contribution is 6.49. The third-order valence-electron chi connectivity index (χ3n) is 0.949. The Hall–Kier alpha value is 0.0149. The molecule has 0 spiro atoms. The molecule has 0 unspecified atom stereocenters. The SMILES string of the molecule is Bc1nc(Cl)nc(Cl)c1Cl. The first-order valence-electron chi connectivity index (χ1n) is 2.46. The molecule has 1 rings (SSSR count). The van der Waals surface area contributed by atoms with Gasteiger partial charge >= 0.3 is 0 Å². The van der Waals surface area contributed by atoms with Crippen LogP contribution >= 0.6 is 34.8 Å². The second kappa shape index (κ2) is 2.95. The molecule has 0 amide bonds. The molecule has 0 aliphatic rings. The Labute approximate surface area is 73.9 Å². The molecule has 10 heavy (non-hydrogen) atoms.